The van der Waals surface area contributed by atoms with Crippen LogP contribution in [-0.4, -0.2) is 47.4 Å². The number of unbranched alkanes of at least 4 members (excludes halogenated alkanes) is 58. The van der Waals surface area contributed by atoms with Crippen LogP contribution in [0.25, 0.3) is 0 Å². The van der Waals surface area contributed by atoms with E-state index in [-0.39, 0.29) is 18.5 Å². The topological polar surface area (TPSA) is 95.9 Å². The highest BCUT2D eigenvalue weighted by atomic mass is 16.5. The summed E-state index contributed by atoms with van der Waals surface area (Å²) in [6.45, 7) is 5.00. The van der Waals surface area contributed by atoms with Crippen molar-refractivity contribution in [2.75, 3.05) is 13.2 Å². The van der Waals surface area contributed by atoms with Crippen molar-refractivity contribution in [3.63, 3.8) is 0 Å². The van der Waals surface area contributed by atoms with Gasteiger partial charge in [-0.2, -0.15) is 0 Å². The highest BCUT2D eigenvalue weighted by Gasteiger charge is 2.20. The molecule has 0 bridgehead atoms. The fraction of sp³-hybridized carbons (Fsp3) is 0.947. The number of ether oxygens (including phenoxy) is 1. The zero-order valence-electron chi connectivity index (χ0n) is 55.3. The third-order valence-corrected chi connectivity index (χ3v) is 17.8. The van der Waals surface area contributed by atoms with Gasteiger partial charge in [-0.25, -0.2) is 0 Å². The Hall–Kier alpha value is -1.40. The molecule has 0 aliphatic carbocycles. The summed E-state index contributed by atoms with van der Waals surface area (Å²) in [6, 6.07) is -0.542. The molecule has 0 aromatic heterocycles. The minimum absolute atomic E-state index is 0.0186. The van der Waals surface area contributed by atoms with Crippen molar-refractivity contribution < 1.29 is 24.5 Å². The number of hydrogen-bond donors (Lipinski definition) is 3. The molecule has 6 heteroatoms. The van der Waals surface area contributed by atoms with Crippen LogP contribution in [0.5, 0.6) is 0 Å². The van der Waals surface area contributed by atoms with Crippen LogP contribution in [-0.2, 0) is 14.3 Å². The first kappa shape index (κ1) is 79.6. The summed E-state index contributed by atoms with van der Waals surface area (Å²) >= 11 is 0. The van der Waals surface area contributed by atoms with E-state index < -0.39 is 12.1 Å². The molecule has 0 aromatic carbocycles. The highest BCUT2D eigenvalue weighted by Crippen LogP contribution is 2.20. The van der Waals surface area contributed by atoms with Crippen LogP contribution in [0, 0.1) is 0 Å². The number of nitrogens with one attached hydrogen (secondary N) is 1. The Morgan fingerprint density at radius 3 is 0.877 bits per heavy atom. The molecule has 81 heavy (non-hydrogen) atoms. The predicted molar refractivity (Wildman–Crippen MR) is 357 cm³/mol. The van der Waals surface area contributed by atoms with E-state index in [4.69, 9.17) is 4.74 Å². The summed E-state index contributed by atoms with van der Waals surface area (Å²) in [4.78, 5) is 24.6. The maximum absolute atomic E-state index is 12.6. The van der Waals surface area contributed by atoms with Crippen LogP contribution in [0.4, 0.5) is 0 Å². The molecule has 0 saturated carbocycles. The normalized spacial score (nSPS) is 12.5. The van der Waals surface area contributed by atoms with Gasteiger partial charge in [0.05, 0.1) is 25.4 Å². The maximum Gasteiger partial charge on any atom is 0.305 e. The molecule has 2 atom stereocenters. The number of carbonyl (C=O) groups excluding carboxylic acids is 2. The van der Waals surface area contributed by atoms with E-state index in [0.29, 0.717) is 25.9 Å². The largest absolute Gasteiger partial charge is 0.466 e. The van der Waals surface area contributed by atoms with E-state index in [0.717, 1.165) is 38.5 Å². The van der Waals surface area contributed by atoms with Crippen LogP contribution >= 0.6 is 0 Å². The monoisotopic (exact) mass is 1140 g/mol. The summed E-state index contributed by atoms with van der Waals surface area (Å²) < 4.78 is 5.49. The molecule has 0 fully saturated rings. The van der Waals surface area contributed by atoms with E-state index in [1.54, 1.807) is 0 Å². The van der Waals surface area contributed by atoms with Crippen molar-refractivity contribution >= 4 is 11.9 Å². The van der Waals surface area contributed by atoms with Crippen molar-refractivity contribution in [1.82, 2.24) is 5.32 Å². The van der Waals surface area contributed by atoms with Crippen LogP contribution in [0.2, 0.25) is 0 Å². The zero-order valence-corrected chi connectivity index (χ0v) is 55.3. The quantitative estimate of drug-likeness (QED) is 0.0320. The lowest BCUT2D eigenvalue weighted by atomic mass is 10.0. The summed E-state index contributed by atoms with van der Waals surface area (Å²) in [5.41, 5.74) is 0. The van der Waals surface area contributed by atoms with E-state index in [1.165, 1.54) is 360 Å². The van der Waals surface area contributed by atoms with Crippen molar-refractivity contribution in [2.45, 2.75) is 443 Å². The molecule has 0 rings (SSSR count). The van der Waals surface area contributed by atoms with Crippen molar-refractivity contribution in [1.29, 1.82) is 0 Å². The summed E-state index contributed by atoms with van der Waals surface area (Å²) in [6.07, 6.45) is 88.5. The first-order valence-electron chi connectivity index (χ1n) is 37.4. The summed E-state index contributed by atoms with van der Waals surface area (Å²) in [5.74, 6) is -0.0107. The van der Waals surface area contributed by atoms with Gasteiger partial charge in [0.2, 0.25) is 5.91 Å². The van der Waals surface area contributed by atoms with Gasteiger partial charge in [0.15, 0.2) is 0 Å². The summed E-state index contributed by atoms with van der Waals surface area (Å²) in [5, 5.41) is 23.5. The number of aliphatic hydroxyl groups is 2. The molecule has 2 unspecified atom stereocenters. The predicted octanol–water partition coefficient (Wildman–Crippen LogP) is 24.3. The standard InChI is InChI=1S/C75H147NO5/c1-3-5-7-9-11-13-15-17-18-19-20-21-28-31-34-37-40-44-47-51-55-59-63-67-73(78)72(71-77)76-74(79)68-64-60-56-52-48-45-41-38-35-32-29-26-24-22-23-25-27-30-33-36-39-42-46-50-54-58-62-66-70-81-75(80)69-65-61-57-53-49-43-16-14-12-10-8-6-4-2/h22-23,72-73,77-78H,3-21,24-71H2,1-2H3,(H,76,79)/b23-22-. The molecule has 6 nitrogen and oxygen atoms in total. The second-order valence-corrected chi connectivity index (χ2v) is 26.0. The Bertz CT molecular complexity index is 1220. The van der Waals surface area contributed by atoms with Crippen LogP contribution in [0.15, 0.2) is 12.2 Å². The van der Waals surface area contributed by atoms with Crippen LogP contribution in [0.3, 0.4) is 0 Å². The van der Waals surface area contributed by atoms with Gasteiger partial charge in [-0.1, -0.05) is 379 Å². The Morgan fingerprint density at radius 2 is 0.580 bits per heavy atom. The molecular formula is C75H147NO5. The molecule has 0 spiro atoms. The van der Waals surface area contributed by atoms with Gasteiger partial charge in [-0.15, -0.1) is 0 Å². The van der Waals surface area contributed by atoms with Crippen molar-refractivity contribution in [3.05, 3.63) is 12.2 Å². The van der Waals surface area contributed by atoms with Gasteiger partial charge in [0.25, 0.3) is 0 Å². The molecule has 0 aliphatic heterocycles. The lowest BCUT2D eigenvalue weighted by Crippen LogP contribution is -2.45. The SMILES string of the molecule is CCCCCCCCCCCCCCCCCCCCCCCCCC(O)C(CO)NC(=O)CCCCCCCCCCCCCC/C=C\CCCCCCCCCCCCCCOC(=O)CCCCCCCCCCCCCCC. The number of rotatable bonds is 71. The highest BCUT2D eigenvalue weighted by molar-refractivity contribution is 5.76. The van der Waals surface area contributed by atoms with E-state index in [9.17, 15) is 19.8 Å². The minimum Gasteiger partial charge on any atom is -0.466 e. The first-order valence-corrected chi connectivity index (χ1v) is 37.4. The number of carbonyl (C=O) groups is 2. The number of amides is 1. The number of allylic oxidation sites excluding steroid dienone is 2. The Kier molecular flexibility index (Phi) is 69.9. The molecule has 482 valence electrons. The third-order valence-electron chi connectivity index (χ3n) is 17.8. The van der Waals surface area contributed by atoms with Crippen LogP contribution in [0.1, 0.15) is 431 Å². The summed E-state index contributed by atoms with van der Waals surface area (Å²) in [7, 11) is 0. The van der Waals surface area contributed by atoms with Crippen LogP contribution < -0.4 is 5.32 Å². The zero-order chi connectivity index (χ0) is 58.5. The lowest BCUT2D eigenvalue weighted by molar-refractivity contribution is -0.143. The van der Waals surface area contributed by atoms with Crippen molar-refractivity contribution in [2.24, 2.45) is 0 Å². The average Bonchev–Trinajstić information content (AvgIpc) is 3.47. The number of hydrogen-bond acceptors (Lipinski definition) is 5. The van der Waals surface area contributed by atoms with Gasteiger partial charge >= 0.3 is 5.97 Å². The second-order valence-electron chi connectivity index (χ2n) is 26.0. The maximum atomic E-state index is 12.6. The number of aliphatic hydroxyl groups excluding tert-OH is 2. The molecule has 0 saturated heterocycles. The number of esters is 1. The Morgan fingerprint density at radius 1 is 0.333 bits per heavy atom. The van der Waals surface area contributed by atoms with Crippen molar-refractivity contribution in [3.8, 4) is 0 Å². The van der Waals surface area contributed by atoms with Gasteiger partial charge < -0.3 is 20.3 Å². The minimum atomic E-state index is -0.665. The first-order chi connectivity index (χ1) is 40.0. The molecule has 0 radical (unpaired) electrons. The fourth-order valence-electron chi connectivity index (χ4n) is 12.1. The molecular weight excluding hydrogens is 995 g/mol. The molecule has 1 amide bonds. The van der Waals surface area contributed by atoms with Gasteiger partial charge in [0, 0.05) is 12.8 Å². The van der Waals surface area contributed by atoms with Gasteiger partial charge in [0.1, 0.15) is 0 Å². The van der Waals surface area contributed by atoms with E-state index >= 15 is 0 Å². The van der Waals surface area contributed by atoms with Gasteiger partial charge in [-0.3, -0.25) is 9.59 Å². The van der Waals surface area contributed by atoms with Gasteiger partial charge in [-0.05, 0) is 51.4 Å². The Balaban J connectivity index is 3.37. The second kappa shape index (κ2) is 71.1. The molecule has 3 N–H and O–H groups in total. The smallest absolute Gasteiger partial charge is 0.305 e. The van der Waals surface area contributed by atoms with E-state index in [1.807, 2.05) is 0 Å². The third kappa shape index (κ3) is 67.6. The molecule has 0 aliphatic rings. The van der Waals surface area contributed by atoms with E-state index in [2.05, 4.69) is 31.3 Å². The molecule has 0 aromatic rings. The Labute approximate surface area is 508 Å². The lowest BCUT2D eigenvalue weighted by Gasteiger charge is -2.22. The molecule has 0 heterocycles. The fourth-order valence-corrected chi connectivity index (χ4v) is 12.1. The average molecular weight is 1140 g/mol.